The summed E-state index contributed by atoms with van der Waals surface area (Å²) in [6, 6.07) is 3.37. The van der Waals surface area contributed by atoms with Crippen molar-refractivity contribution < 1.29 is 23.0 Å². The lowest BCUT2D eigenvalue weighted by atomic mass is 9.79. The van der Waals surface area contributed by atoms with Crippen LogP contribution in [-0.2, 0) is 14.2 Å². The standard InChI is InChI=1S/C17H22F2O3/c1-20-16-4-2-11(3-5-16)13-9-21-17(22-10-13)12-6-14(18)8-15(19)7-12/h6-8,11,13,16-17H,2-5,9-10H2,1H3. The summed E-state index contributed by atoms with van der Waals surface area (Å²) in [4.78, 5) is 0. The highest BCUT2D eigenvalue weighted by Gasteiger charge is 2.32. The molecule has 0 N–H and O–H groups in total. The Kier molecular flexibility index (Phi) is 5.06. The molecule has 22 heavy (non-hydrogen) atoms. The molecule has 0 aromatic heterocycles. The summed E-state index contributed by atoms with van der Waals surface area (Å²) in [6.07, 6.45) is 4.11. The fraction of sp³-hybridized carbons (Fsp3) is 0.647. The molecular weight excluding hydrogens is 290 g/mol. The summed E-state index contributed by atoms with van der Waals surface area (Å²) < 4.78 is 43.3. The van der Waals surface area contributed by atoms with E-state index in [9.17, 15) is 8.78 Å². The number of benzene rings is 1. The van der Waals surface area contributed by atoms with Gasteiger partial charge < -0.3 is 14.2 Å². The van der Waals surface area contributed by atoms with Gasteiger partial charge in [-0.1, -0.05) is 0 Å². The van der Waals surface area contributed by atoms with Crippen LogP contribution in [0.15, 0.2) is 18.2 Å². The molecular formula is C17H22F2O3. The van der Waals surface area contributed by atoms with Crippen LogP contribution in [0.25, 0.3) is 0 Å². The fourth-order valence-corrected chi connectivity index (χ4v) is 3.49. The molecule has 1 aromatic rings. The van der Waals surface area contributed by atoms with Gasteiger partial charge in [0.25, 0.3) is 0 Å². The van der Waals surface area contributed by atoms with E-state index in [0.29, 0.717) is 36.7 Å². The van der Waals surface area contributed by atoms with Gasteiger partial charge in [0.05, 0.1) is 19.3 Å². The Bertz CT molecular complexity index is 472. The Morgan fingerprint density at radius 1 is 0.909 bits per heavy atom. The zero-order chi connectivity index (χ0) is 15.5. The van der Waals surface area contributed by atoms with Gasteiger partial charge in [-0.05, 0) is 43.7 Å². The average molecular weight is 312 g/mol. The minimum Gasteiger partial charge on any atom is -0.381 e. The quantitative estimate of drug-likeness (QED) is 0.849. The van der Waals surface area contributed by atoms with Gasteiger partial charge in [0.15, 0.2) is 6.29 Å². The van der Waals surface area contributed by atoms with Gasteiger partial charge in [-0.25, -0.2) is 8.78 Å². The van der Waals surface area contributed by atoms with Gasteiger partial charge in [0.1, 0.15) is 11.6 Å². The van der Waals surface area contributed by atoms with E-state index >= 15 is 0 Å². The van der Waals surface area contributed by atoms with Crippen LogP contribution >= 0.6 is 0 Å². The number of halogens is 2. The largest absolute Gasteiger partial charge is 0.381 e. The highest BCUT2D eigenvalue weighted by molar-refractivity contribution is 5.19. The van der Waals surface area contributed by atoms with Crippen molar-refractivity contribution in [2.45, 2.75) is 38.1 Å². The minimum atomic E-state index is -0.670. The first-order valence-electron chi connectivity index (χ1n) is 7.87. The molecule has 3 nitrogen and oxygen atoms in total. The second-order valence-electron chi connectivity index (χ2n) is 6.23. The van der Waals surface area contributed by atoms with E-state index in [1.165, 1.54) is 12.1 Å². The predicted octanol–water partition coefficient (Wildman–Crippen LogP) is 3.83. The lowest BCUT2D eigenvalue weighted by molar-refractivity contribution is -0.215. The van der Waals surface area contributed by atoms with Crippen LogP contribution in [0.4, 0.5) is 8.78 Å². The third-order valence-electron chi connectivity index (χ3n) is 4.80. The van der Waals surface area contributed by atoms with Crippen LogP contribution in [0.2, 0.25) is 0 Å². The van der Waals surface area contributed by atoms with Gasteiger partial charge in [0.2, 0.25) is 0 Å². The maximum absolute atomic E-state index is 13.3. The summed E-state index contributed by atoms with van der Waals surface area (Å²) in [6.45, 7) is 1.15. The van der Waals surface area contributed by atoms with Gasteiger partial charge in [-0.3, -0.25) is 0 Å². The second kappa shape index (κ2) is 7.02. The van der Waals surface area contributed by atoms with E-state index < -0.39 is 17.9 Å². The number of ether oxygens (including phenoxy) is 3. The first kappa shape index (κ1) is 15.8. The predicted molar refractivity (Wildman–Crippen MR) is 77.2 cm³/mol. The van der Waals surface area contributed by atoms with Crippen molar-refractivity contribution in [2.75, 3.05) is 20.3 Å². The zero-order valence-corrected chi connectivity index (χ0v) is 12.8. The van der Waals surface area contributed by atoms with Crippen LogP contribution in [0.1, 0.15) is 37.5 Å². The Labute approximate surface area is 129 Å². The van der Waals surface area contributed by atoms with Crippen molar-refractivity contribution in [3.05, 3.63) is 35.4 Å². The van der Waals surface area contributed by atoms with Crippen LogP contribution in [0.5, 0.6) is 0 Å². The third-order valence-corrected chi connectivity index (χ3v) is 4.80. The maximum atomic E-state index is 13.3. The van der Waals surface area contributed by atoms with Crippen LogP contribution in [0.3, 0.4) is 0 Å². The summed E-state index contributed by atoms with van der Waals surface area (Å²) in [5, 5.41) is 0. The van der Waals surface area contributed by atoms with E-state index in [-0.39, 0.29) is 0 Å². The molecule has 1 aliphatic carbocycles. The molecule has 0 atom stereocenters. The van der Waals surface area contributed by atoms with E-state index in [2.05, 4.69) is 0 Å². The van der Waals surface area contributed by atoms with Gasteiger partial charge >= 0.3 is 0 Å². The molecule has 1 aromatic carbocycles. The Hall–Kier alpha value is -1.04. The van der Waals surface area contributed by atoms with Crippen LogP contribution < -0.4 is 0 Å². The number of methoxy groups -OCH3 is 1. The van der Waals surface area contributed by atoms with Crippen molar-refractivity contribution in [1.29, 1.82) is 0 Å². The molecule has 0 unspecified atom stereocenters. The number of hydrogen-bond donors (Lipinski definition) is 0. The molecule has 1 saturated heterocycles. The maximum Gasteiger partial charge on any atom is 0.184 e. The smallest absolute Gasteiger partial charge is 0.184 e. The highest BCUT2D eigenvalue weighted by atomic mass is 19.1. The molecule has 0 radical (unpaired) electrons. The molecule has 1 aliphatic heterocycles. The molecule has 2 aliphatic rings. The van der Waals surface area contributed by atoms with Crippen molar-refractivity contribution in [3.8, 4) is 0 Å². The number of hydrogen-bond acceptors (Lipinski definition) is 3. The van der Waals surface area contributed by atoms with Gasteiger partial charge in [0, 0.05) is 24.7 Å². The monoisotopic (exact) mass is 312 g/mol. The Morgan fingerprint density at radius 2 is 1.50 bits per heavy atom. The Morgan fingerprint density at radius 3 is 2.05 bits per heavy atom. The van der Waals surface area contributed by atoms with Crippen LogP contribution in [-0.4, -0.2) is 26.4 Å². The molecule has 1 saturated carbocycles. The first-order chi connectivity index (χ1) is 10.7. The highest BCUT2D eigenvalue weighted by Crippen LogP contribution is 2.36. The summed E-state index contributed by atoms with van der Waals surface area (Å²) in [7, 11) is 1.76. The second-order valence-corrected chi connectivity index (χ2v) is 6.23. The normalized spacial score (nSPS) is 32.9. The average Bonchev–Trinajstić information content (AvgIpc) is 2.54. The van der Waals surface area contributed by atoms with E-state index in [1.54, 1.807) is 7.11 Å². The molecule has 0 spiro atoms. The zero-order valence-electron chi connectivity index (χ0n) is 12.8. The molecule has 2 fully saturated rings. The van der Waals surface area contributed by atoms with Gasteiger partial charge in [-0.2, -0.15) is 0 Å². The minimum absolute atomic E-state index is 0.354. The Balaban J connectivity index is 1.54. The van der Waals surface area contributed by atoms with Crippen molar-refractivity contribution >= 4 is 0 Å². The molecule has 1 heterocycles. The molecule has 0 amide bonds. The summed E-state index contributed by atoms with van der Waals surface area (Å²) in [5.41, 5.74) is 0.402. The lowest BCUT2D eigenvalue weighted by Crippen LogP contribution is -2.35. The molecule has 0 bridgehead atoms. The van der Waals surface area contributed by atoms with E-state index in [0.717, 1.165) is 31.7 Å². The molecule has 5 heteroatoms. The van der Waals surface area contributed by atoms with E-state index in [4.69, 9.17) is 14.2 Å². The van der Waals surface area contributed by atoms with E-state index in [1.807, 2.05) is 0 Å². The molecule has 122 valence electrons. The summed E-state index contributed by atoms with van der Waals surface area (Å²) >= 11 is 0. The van der Waals surface area contributed by atoms with Crippen molar-refractivity contribution in [2.24, 2.45) is 11.8 Å². The third kappa shape index (κ3) is 3.65. The number of rotatable bonds is 3. The SMILES string of the molecule is COC1CCC(C2COC(c3cc(F)cc(F)c3)OC2)CC1. The van der Waals surface area contributed by atoms with Gasteiger partial charge in [-0.15, -0.1) is 0 Å². The summed E-state index contributed by atoms with van der Waals surface area (Å²) in [5.74, 6) is -0.284. The molecule has 3 rings (SSSR count). The fourth-order valence-electron chi connectivity index (χ4n) is 3.49. The first-order valence-corrected chi connectivity index (χ1v) is 7.87. The van der Waals surface area contributed by atoms with Crippen LogP contribution in [0, 0.1) is 23.5 Å². The van der Waals surface area contributed by atoms with Crippen molar-refractivity contribution in [1.82, 2.24) is 0 Å². The van der Waals surface area contributed by atoms with Crippen molar-refractivity contribution in [3.63, 3.8) is 0 Å². The lowest BCUT2D eigenvalue weighted by Gasteiger charge is -2.37. The topological polar surface area (TPSA) is 27.7 Å².